The number of nitrogens with zero attached hydrogens (tertiary/aromatic N) is 2. The maximum Gasteiger partial charge on any atom is 0.125 e. The van der Waals surface area contributed by atoms with Crippen LogP contribution in [0.2, 0.25) is 0 Å². The molecule has 1 unspecified atom stereocenters. The molecule has 2 aromatic rings. The fourth-order valence-electron chi connectivity index (χ4n) is 1.84. The maximum absolute atomic E-state index is 5.64. The van der Waals surface area contributed by atoms with Crippen molar-refractivity contribution >= 4 is 11.3 Å². The second-order valence-electron chi connectivity index (χ2n) is 4.17. The van der Waals surface area contributed by atoms with Gasteiger partial charge in [-0.1, -0.05) is 6.92 Å². The van der Waals surface area contributed by atoms with Crippen molar-refractivity contribution in [3.05, 3.63) is 45.7 Å². The Morgan fingerprint density at radius 1 is 1.33 bits per heavy atom. The van der Waals surface area contributed by atoms with Crippen LogP contribution >= 0.6 is 11.3 Å². The molecule has 0 radical (unpaired) electrons. The molecule has 0 spiro atoms. The van der Waals surface area contributed by atoms with Crippen LogP contribution in [0.15, 0.2) is 24.4 Å². The Morgan fingerprint density at radius 3 is 2.72 bits per heavy atom. The van der Waals surface area contributed by atoms with Gasteiger partial charge in [0.15, 0.2) is 0 Å². The number of aryl methyl sites for hydroxylation is 2. The summed E-state index contributed by atoms with van der Waals surface area (Å²) in [7, 11) is 0. The molecule has 2 heterocycles. The van der Waals surface area contributed by atoms with E-state index in [0.717, 1.165) is 24.4 Å². The van der Waals surface area contributed by atoms with Crippen LogP contribution in [0, 0.1) is 6.92 Å². The van der Waals surface area contributed by atoms with Crippen molar-refractivity contribution in [1.29, 1.82) is 0 Å². The van der Waals surface area contributed by atoms with Crippen molar-refractivity contribution in [2.45, 2.75) is 32.7 Å². The number of hydrazine groups is 1. The molecule has 2 rings (SSSR count). The van der Waals surface area contributed by atoms with Gasteiger partial charge in [-0.15, -0.1) is 11.3 Å². The van der Waals surface area contributed by atoms with Gasteiger partial charge in [-0.25, -0.2) is 9.97 Å². The van der Waals surface area contributed by atoms with Gasteiger partial charge in [0.25, 0.3) is 0 Å². The van der Waals surface area contributed by atoms with Gasteiger partial charge < -0.3 is 0 Å². The minimum absolute atomic E-state index is 0.0371. The lowest BCUT2D eigenvalue weighted by Gasteiger charge is -2.14. The van der Waals surface area contributed by atoms with E-state index in [2.05, 4.69) is 34.5 Å². The highest BCUT2D eigenvalue weighted by atomic mass is 32.1. The van der Waals surface area contributed by atoms with Crippen molar-refractivity contribution in [3.63, 3.8) is 0 Å². The summed E-state index contributed by atoms with van der Waals surface area (Å²) in [6, 6.07) is 6.29. The molecule has 0 aliphatic carbocycles. The first-order valence-corrected chi connectivity index (χ1v) is 6.87. The van der Waals surface area contributed by atoms with Crippen molar-refractivity contribution < 1.29 is 0 Å². The summed E-state index contributed by atoms with van der Waals surface area (Å²) in [5, 5.41) is 0. The predicted molar refractivity (Wildman–Crippen MR) is 74.2 cm³/mol. The molecule has 18 heavy (non-hydrogen) atoms. The number of hydrogen-bond donors (Lipinski definition) is 2. The normalized spacial score (nSPS) is 12.6. The summed E-state index contributed by atoms with van der Waals surface area (Å²) in [5.41, 5.74) is 3.78. The van der Waals surface area contributed by atoms with E-state index in [1.807, 2.05) is 24.3 Å². The van der Waals surface area contributed by atoms with Crippen LogP contribution in [-0.4, -0.2) is 9.97 Å². The van der Waals surface area contributed by atoms with E-state index in [-0.39, 0.29) is 6.04 Å². The zero-order chi connectivity index (χ0) is 13.0. The van der Waals surface area contributed by atoms with Crippen molar-refractivity contribution in [3.8, 4) is 0 Å². The van der Waals surface area contributed by atoms with E-state index >= 15 is 0 Å². The molecule has 0 fully saturated rings. The van der Waals surface area contributed by atoms with Gasteiger partial charge in [0.1, 0.15) is 5.82 Å². The molecule has 0 amide bonds. The highest BCUT2D eigenvalue weighted by Crippen LogP contribution is 2.22. The van der Waals surface area contributed by atoms with Gasteiger partial charge in [-0.2, -0.15) is 0 Å². The smallest absolute Gasteiger partial charge is 0.125 e. The average Bonchev–Trinajstić information content (AvgIpc) is 2.83. The number of nitrogens with one attached hydrogen (secondary N) is 1. The van der Waals surface area contributed by atoms with Gasteiger partial charge in [-0.3, -0.25) is 11.3 Å². The van der Waals surface area contributed by atoms with E-state index in [1.54, 1.807) is 6.20 Å². The molecule has 96 valence electrons. The Bertz CT molecular complexity index is 509. The molecule has 0 aromatic carbocycles. The third kappa shape index (κ3) is 3.13. The number of thiophene rings is 1. The largest absolute Gasteiger partial charge is 0.271 e. The Kier molecular flexibility index (Phi) is 4.41. The zero-order valence-corrected chi connectivity index (χ0v) is 11.5. The number of nitrogens with two attached hydrogens (primary N) is 1. The summed E-state index contributed by atoms with van der Waals surface area (Å²) in [6.07, 6.45) is 3.71. The molecule has 0 saturated carbocycles. The third-order valence-electron chi connectivity index (χ3n) is 2.83. The molecule has 1 atom stereocenters. The van der Waals surface area contributed by atoms with Gasteiger partial charge in [0.2, 0.25) is 0 Å². The molecular formula is C13H18N4S. The quantitative estimate of drug-likeness (QED) is 0.640. The molecular weight excluding hydrogens is 244 g/mol. The second kappa shape index (κ2) is 6.04. The Balaban J connectivity index is 2.14. The molecule has 5 heteroatoms. The number of aromatic nitrogens is 2. The predicted octanol–water partition coefficient (Wildman–Crippen LogP) is 2.16. The molecule has 0 aliphatic heterocycles. The van der Waals surface area contributed by atoms with Crippen LogP contribution in [-0.2, 0) is 12.8 Å². The monoisotopic (exact) mass is 262 g/mol. The van der Waals surface area contributed by atoms with Crippen molar-refractivity contribution in [1.82, 2.24) is 15.4 Å². The Hall–Kier alpha value is -1.30. The van der Waals surface area contributed by atoms with Crippen molar-refractivity contribution in [2.75, 3.05) is 0 Å². The summed E-state index contributed by atoms with van der Waals surface area (Å²) in [5.74, 6) is 6.41. The maximum atomic E-state index is 5.64. The molecule has 2 aromatic heterocycles. The Morgan fingerprint density at radius 2 is 2.11 bits per heavy atom. The molecule has 0 aliphatic rings. The van der Waals surface area contributed by atoms with Crippen LogP contribution in [0.25, 0.3) is 0 Å². The topological polar surface area (TPSA) is 63.8 Å². The van der Waals surface area contributed by atoms with Crippen molar-refractivity contribution in [2.24, 2.45) is 5.84 Å². The van der Waals surface area contributed by atoms with E-state index in [4.69, 9.17) is 5.84 Å². The number of rotatable bonds is 5. The molecule has 0 bridgehead atoms. The highest BCUT2D eigenvalue weighted by Gasteiger charge is 2.13. The van der Waals surface area contributed by atoms with Crippen LogP contribution in [0.4, 0.5) is 0 Å². The van der Waals surface area contributed by atoms with Crippen LogP contribution in [0.5, 0.6) is 0 Å². The lowest BCUT2D eigenvalue weighted by atomic mass is 10.1. The molecule has 0 saturated heterocycles. The van der Waals surface area contributed by atoms with E-state index in [0.29, 0.717) is 0 Å². The molecule has 3 N–H and O–H groups in total. The summed E-state index contributed by atoms with van der Waals surface area (Å²) in [6.45, 7) is 4.06. The number of hydrogen-bond acceptors (Lipinski definition) is 5. The zero-order valence-electron chi connectivity index (χ0n) is 10.7. The van der Waals surface area contributed by atoms with E-state index in [9.17, 15) is 0 Å². The van der Waals surface area contributed by atoms with Gasteiger partial charge >= 0.3 is 0 Å². The first-order chi connectivity index (χ1) is 8.72. The van der Waals surface area contributed by atoms with Crippen LogP contribution in [0.1, 0.15) is 34.2 Å². The lowest BCUT2D eigenvalue weighted by Crippen LogP contribution is -2.30. The fraction of sp³-hybridized carbons (Fsp3) is 0.385. The Labute approximate surface area is 111 Å². The summed E-state index contributed by atoms with van der Waals surface area (Å²) < 4.78 is 0. The van der Waals surface area contributed by atoms with E-state index < -0.39 is 0 Å². The van der Waals surface area contributed by atoms with Crippen LogP contribution < -0.4 is 11.3 Å². The first-order valence-electron chi connectivity index (χ1n) is 6.06. The highest BCUT2D eigenvalue weighted by molar-refractivity contribution is 7.11. The summed E-state index contributed by atoms with van der Waals surface area (Å²) in [4.78, 5) is 11.2. The first kappa shape index (κ1) is 13.1. The van der Waals surface area contributed by atoms with Gasteiger partial charge in [0, 0.05) is 22.4 Å². The van der Waals surface area contributed by atoms with Gasteiger partial charge in [-0.05, 0) is 31.5 Å². The minimum atomic E-state index is 0.0371. The minimum Gasteiger partial charge on any atom is -0.271 e. The lowest BCUT2D eigenvalue weighted by molar-refractivity contribution is 0.539. The second-order valence-corrected chi connectivity index (χ2v) is 5.43. The van der Waals surface area contributed by atoms with Gasteiger partial charge in [0.05, 0.1) is 11.7 Å². The molecule has 4 nitrogen and oxygen atoms in total. The van der Waals surface area contributed by atoms with E-state index in [1.165, 1.54) is 9.75 Å². The summed E-state index contributed by atoms with van der Waals surface area (Å²) >= 11 is 1.84. The standard InChI is InChI=1S/C13H18N4S/c1-3-10-4-5-11(18-10)8-13(17-14)12-6-7-15-9(2)16-12/h4-7,13,17H,3,8,14H2,1-2H3. The SMILES string of the molecule is CCc1ccc(CC(NN)c2ccnc(C)n2)s1. The average molecular weight is 262 g/mol. The van der Waals surface area contributed by atoms with Crippen LogP contribution in [0.3, 0.4) is 0 Å². The third-order valence-corrected chi connectivity index (χ3v) is 4.08. The fourth-order valence-corrected chi connectivity index (χ4v) is 2.84.